The first-order chi connectivity index (χ1) is 15.2. The van der Waals surface area contributed by atoms with Crippen LogP contribution in [-0.2, 0) is 4.74 Å². The standard InChI is InChI=1S/C23H31FN6O/c1-25-23(30-12-10-29(11-13-30)22-4-2-3-9-26-22)27-18-21(28-14-16-31-17-15-28)19-5-7-20(24)8-6-19/h2-9,21H,10-18H2,1H3,(H,25,27). The van der Waals surface area contributed by atoms with E-state index in [2.05, 4.69) is 36.1 Å². The van der Waals surface area contributed by atoms with Gasteiger partial charge in [-0.1, -0.05) is 18.2 Å². The molecule has 31 heavy (non-hydrogen) atoms. The molecule has 3 heterocycles. The van der Waals surface area contributed by atoms with Crippen molar-refractivity contribution in [1.29, 1.82) is 0 Å². The summed E-state index contributed by atoms with van der Waals surface area (Å²) in [6.45, 7) is 7.47. The molecule has 0 bridgehead atoms. The van der Waals surface area contributed by atoms with E-state index in [0.29, 0.717) is 6.54 Å². The fourth-order valence-electron chi connectivity index (χ4n) is 4.24. The molecule has 8 heteroatoms. The van der Waals surface area contributed by atoms with Gasteiger partial charge in [-0.3, -0.25) is 9.89 Å². The highest BCUT2D eigenvalue weighted by molar-refractivity contribution is 5.80. The predicted octanol–water partition coefficient (Wildman–Crippen LogP) is 1.99. The molecule has 2 saturated heterocycles. The number of benzene rings is 1. The lowest BCUT2D eigenvalue weighted by Crippen LogP contribution is -2.54. The van der Waals surface area contributed by atoms with Gasteiger partial charge in [-0.05, 0) is 29.8 Å². The van der Waals surface area contributed by atoms with E-state index in [1.54, 1.807) is 0 Å². The smallest absolute Gasteiger partial charge is 0.193 e. The highest BCUT2D eigenvalue weighted by Crippen LogP contribution is 2.22. The van der Waals surface area contributed by atoms with E-state index in [0.717, 1.165) is 69.8 Å². The Bertz CT molecular complexity index is 833. The molecule has 2 aliphatic rings. The molecule has 0 spiro atoms. The number of hydrogen-bond donors (Lipinski definition) is 1. The molecule has 4 rings (SSSR count). The first kappa shape index (κ1) is 21.5. The van der Waals surface area contributed by atoms with Gasteiger partial charge in [0.15, 0.2) is 5.96 Å². The molecule has 0 saturated carbocycles. The average Bonchev–Trinajstić information content (AvgIpc) is 2.84. The third kappa shape index (κ3) is 5.51. The zero-order valence-electron chi connectivity index (χ0n) is 18.1. The maximum Gasteiger partial charge on any atom is 0.193 e. The lowest BCUT2D eigenvalue weighted by Gasteiger charge is -2.39. The van der Waals surface area contributed by atoms with Crippen molar-refractivity contribution in [3.63, 3.8) is 0 Å². The number of guanidine groups is 1. The molecule has 0 aliphatic carbocycles. The number of nitrogens with one attached hydrogen (secondary N) is 1. The second-order valence-corrected chi connectivity index (χ2v) is 7.81. The van der Waals surface area contributed by atoms with Gasteiger partial charge in [0, 0.05) is 59.1 Å². The fourth-order valence-corrected chi connectivity index (χ4v) is 4.24. The minimum Gasteiger partial charge on any atom is -0.379 e. The maximum absolute atomic E-state index is 13.5. The van der Waals surface area contributed by atoms with E-state index in [1.165, 1.54) is 12.1 Å². The number of morpholine rings is 1. The largest absolute Gasteiger partial charge is 0.379 e. The van der Waals surface area contributed by atoms with Crippen LogP contribution in [-0.4, -0.2) is 86.8 Å². The molecule has 1 aromatic carbocycles. The Hall–Kier alpha value is -2.71. The van der Waals surface area contributed by atoms with Crippen LogP contribution >= 0.6 is 0 Å². The number of hydrogen-bond acceptors (Lipinski definition) is 5. The van der Waals surface area contributed by atoms with Crippen molar-refractivity contribution >= 4 is 11.8 Å². The molecule has 2 aromatic rings. The summed E-state index contributed by atoms with van der Waals surface area (Å²) >= 11 is 0. The van der Waals surface area contributed by atoms with Crippen molar-refractivity contribution in [1.82, 2.24) is 20.1 Å². The number of aliphatic imine (C=N–C) groups is 1. The number of pyridine rings is 1. The van der Waals surface area contributed by atoms with E-state index in [9.17, 15) is 4.39 Å². The molecule has 1 unspecified atom stereocenters. The first-order valence-electron chi connectivity index (χ1n) is 10.9. The molecule has 7 nitrogen and oxygen atoms in total. The van der Waals surface area contributed by atoms with Crippen LogP contribution < -0.4 is 10.2 Å². The number of aromatic nitrogens is 1. The van der Waals surface area contributed by atoms with E-state index >= 15 is 0 Å². The van der Waals surface area contributed by atoms with Crippen molar-refractivity contribution in [3.05, 3.63) is 60.0 Å². The Morgan fingerprint density at radius 3 is 2.45 bits per heavy atom. The van der Waals surface area contributed by atoms with Gasteiger partial charge >= 0.3 is 0 Å². The van der Waals surface area contributed by atoms with Gasteiger partial charge in [-0.15, -0.1) is 0 Å². The number of anilines is 1. The molecular formula is C23H31FN6O. The van der Waals surface area contributed by atoms with Gasteiger partial charge in [0.2, 0.25) is 0 Å². The first-order valence-corrected chi connectivity index (χ1v) is 10.9. The van der Waals surface area contributed by atoms with Gasteiger partial charge in [0.05, 0.1) is 19.3 Å². The van der Waals surface area contributed by atoms with Crippen molar-refractivity contribution in [2.75, 3.05) is 71.0 Å². The minimum atomic E-state index is -0.209. The second-order valence-electron chi connectivity index (χ2n) is 7.81. The van der Waals surface area contributed by atoms with Gasteiger partial charge in [0.25, 0.3) is 0 Å². The van der Waals surface area contributed by atoms with Crippen molar-refractivity contribution < 1.29 is 9.13 Å². The third-order valence-corrected chi connectivity index (χ3v) is 5.96. The summed E-state index contributed by atoms with van der Waals surface area (Å²) in [7, 11) is 1.83. The van der Waals surface area contributed by atoms with Crippen molar-refractivity contribution in [2.24, 2.45) is 4.99 Å². The lowest BCUT2D eigenvalue weighted by atomic mass is 10.0. The van der Waals surface area contributed by atoms with Gasteiger partial charge in [0.1, 0.15) is 11.6 Å². The zero-order chi connectivity index (χ0) is 21.5. The topological polar surface area (TPSA) is 56.2 Å². The lowest BCUT2D eigenvalue weighted by molar-refractivity contribution is 0.0168. The Kier molecular flexibility index (Phi) is 7.32. The van der Waals surface area contributed by atoms with Gasteiger partial charge < -0.3 is 19.9 Å². The molecule has 1 atom stereocenters. The number of halogens is 1. The van der Waals surface area contributed by atoms with Crippen LogP contribution in [0.4, 0.5) is 10.2 Å². The van der Waals surface area contributed by atoms with Crippen molar-refractivity contribution in [3.8, 4) is 0 Å². The van der Waals surface area contributed by atoms with E-state index in [1.807, 2.05) is 37.5 Å². The minimum absolute atomic E-state index is 0.135. The molecular weight excluding hydrogens is 395 g/mol. The summed E-state index contributed by atoms with van der Waals surface area (Å²) in [5.41, 5.74) is 1.10. The Morgan fingerprint density at radius 2 is 1.81 bits per heavy atom. The molecule has 0 radical (unpaired) electrons. The zero-order valence-corrected chi connectivity index (χ0v) is 18.1. The molecule has 2 aliphatic heterocycles. The summed E-state index contributed by atoms with van der Waals surface area (Å²) in [4.78, 5) is 16.0. The number of rotatable bonds is 5. The van der Waals surface area contributed by atoms with Crippen LogP contribution in [0.1, 0.15) is 11.6 Å². The number of ether oxygens (including phenoxy) is 1. The number of piperazine rings is 1. The van der Waals surface area contributed by atoms with Crippen LogP contribution in [0.25, 0.3) is 0 Å². The highest BCUT2D eigenvalue weighted by Gasteiger charge is 2.25. The average molecular weight is 427 g/mol. The molecule has 166 valence electrons. The summed E-state index contributed by atoms with van der Waals surface area (Å²) in [5.74, 6) is 1.72. The summed E-state index contributed by atoms with van der Waals surface area (Å²) in [5, 5.41) is 3.57. The Labute approximate surface area is 183 Å². The van der Waals surface area contributed by atoms with E-state index in [4.69, 9.17) is 4.74 Å². The highest BCUT2D eigenvalue weighted by atomic mass is 19.1. The van der Waals surface area contributed by atoms with Crippen LogP contribution in [0.5, 0.6) is 0 Å². The molecule has 0 amide bonds. The Balaban J connectivity index is 1.38. The van der Waals surface area contributed by atoms with E-state index < -0.39 is 0 Å². The normalized spacial score (nSPS) is 19.4. The predicted molar refractivity (Wildman–Crippen MR) is 121 cm³/mol. The monoisotopic (exact) mass is 426 g/mol. The molecule has 1 aromatic heterocycles. The number of nitrogens with zero attached hydrogens (tertiary/aromatic N) is 5. The van der Waals surface area contributed by atoms with Crippen molar-refractivity contribution in [2.45, 2.75) is 6.04 Å². The second kappa shape index (κ2) is 10.5. The maximum atomic E-state index is 13.5. The summed E-state index contributed by atoms with van der Waals surface area (Å²) in [6.07, 6.45) is 1.84. The van der Waals surface area contributed by atoms with Gasteiger partial charge in [-0.25, -0.2) is 9.37 Å². The van der Waals surface area contributed by atoms with Crippen LogP contribution in [0.15, 0.2) is 53.7 Å². The van der Waals surface area contributed by atoms with Crippen LogP contribution in [0.3, 0.4) is 0 Å². The van der Waals surface area contributed by atoms with Crippen LogP contribution in [0, 0.1) is 5.82 Å². The van der Waals surface area contributed by atoms with E-state index in [-0.39, 0.29) is 11.9 Å². The fraction of sp³-hybridized carbons (Fsp3) is 0.478. The summed E-state index contributed by atoms with van der Waals surface area (Å²) in [6, 6.07) is 13.0. The SMILES string of the molecule is CN=C(NCC(c1ccc(F)cc1)N1CCOCC1)N1CCN(c2ccccn2)CC1. The molecule has 1 N–H and O–H groups in total. The Morgan fingerprint density at radius 1 is 1.06 bits per heavy atom. The van der Waals surface area contributed by atoms with Gasteiger partial charge in [-0.2, -0.15) is 0 Å². The quantitative estimate of drug-likeness (QED) is 0.583. The van der Waals surface area contributed by atoms with Crippen LogP contribution in [0.2, 0.25) is 0 Å². The summed E-state index contributed by atoms with van der Waals surface area (Å²) < 4.78 is 19.0. The third-order valence-electron chi connectivity index (χ3n) is 5.96. The molecule has 2 fully saturated rings.